The fraction of sp³-hybridized carbons (Fsp3) is 0.714. The van der Waals surface area contributed by atoms with Crippen molar-refractivity contribution in [1.29, 1.82) is 0 Å². The summed E-state index contributed by atoms with van der Waals surface area (Å²) < 4.78 is 0. The van der Waals surface area contributed by atoms with E-state index in [-0.39, 0.29) is 0 Å². The molecule has 1 radical (unpaired) electrons. The molecule has 0 saturated carbocycles. The van der Waals surface area contributed by atoms with E-state index >= 15 is 0 Å². The third kappa shape index (κ3) is 6.94. The van der Waals surface area contributed by atoms with Crippen molar-refractivity contribution in [3.05, 3.63) is 24.3 Å². The molecule has 0 heteroatoms. The van der Waals surface area contributed by atoms with E-state index in [0.29, 0.717) is 0 Å². The Morgan fingerprint density at radius 1 is 0.643 bits per heavy atom. The van der Waals surface area contributed by atoms with E-state index in [1.54, 1.807) is 0 Å². The van der Waals surface area contributed by atoms with Crippen LogP contribution in [0.2, 0.25) is 0 Å². The maximum Gasteiger partial charge on any atom is -0.0230 e. The Labute approximate surface area is 89.1 Å². The Hall–Kier alpha value is -0.520. The molecule has 1 aliphatic rings. The van der Waals surface area contributed by atoms with Crippen molar-refractivity contribution < 1.29 is 0 Å². The molecule has 0 nitrogen and oxygen atoms in total. The summed E-state index contributed by atoms with van der Waals surface area (Å²) in [7, 11) is 0. The fourth-order valence-electron chi connectivity index (χ4n) is 1.87. The molecule has 0 fully saturated rings. The third-order valence-corrected chi connectivity index (χ3v) is 2.80. The maximum atomic E-state index is 3.23. The zero-order chi connectivity index (χ0) is 9.90. The molecule has 0 aromatic carbocycles. The van der Waals surface area contributed by atoms with E-state index < -0.39 is 0 Å². The van der Waals surface area contributed by atoms with Crippen molar-refractivity contribution in [3.8, 4) is 0 Å². The second kappa shape index (κ2) is 9.05. The minimum absolute atomic E-state index is 1.21. The second-order valence-corrected chi connectivity index (χ2v) is 4.18. The fourth-order valence-corrected chi connectivity index (χ4v) is 1.87. The molecule has 0 heterocycles. The highest BCUT2D eigenvalue weighted by molar-refractivity contribution is 4.94. The lowest BCUT2D eigenvalue weighted by atomic mass is 10.1. The highest BCUT2D eigenvalue weighted by atomic mass is 14.0. The molecule has 79 valence electrons. The molecule has 0 unspecified atom stereocenters. The average Bonchev–Trinajstić information content (AvgIpc) is 2.22. The van der Waals surface area contributed by atoms with E-state index in [1.807, 2.05) is 0 Å². The van der Waals surface area contributed by atoms with E-state index in [4.69, 9.17) is 0 Å². The molecule has 14 heavy (non-hydrogen) atoms. The smallest absolute Gasteiger partial charge is 0.0230 e. The zero-order valence-corrected chi connectivity index (χ0v) is 9.30. The maximum absolute atomic E-state index is 3.23. The van der Waals surface area contributed by atoms with Crippen LogP contribution in [-0.2, 0) is 0 Å². The minimum atomic E-state index is 1.21. The largest absolute Gasteiger partial charge is 0.0839 e. The van der Waals surface area contributed by atoms with Crippen LogP contribution in [0.1, 0.15) is 64.2 Å². The quantitative estimate of drug-likeness (QED) is 0.515. The molecule has 1 aliphatic carbocycles. The summed E-state index contributed by atoms with van der Waals surface area (Å²) in [4.78, 5) is 0. The third-order valence-electron chi connectivity index (χ3n) is 2.80. The van der Waals surface area contributed by atoms with Gasteiger partial charge in [-0.1, -0.05) is 56.8 Å². The van der Waals surface area contributed by atoms with Gasteiger partial charge in [-0.25, -0.2) is 0 Å². The van der Waals surface area contributed by atoms with Gasteiger partial charge in [-0.15, -0.1) is 0 Å². The van der Waals surface area contributed by atoms with Gasteiger partial charge in [-0.3, -0.25) is 0 Å². The van der Waals surface area contributed by atoms with Crippen LogP contribution >= 0.6 is 0 Å². The lowest BCUT2D eigenvalue weighted by molar-refractivity contribution is 0.570. The molecular formula is C14H23. The first-order chi connectivity index (χ1) is 7.00. The first-order valence-electron chi connectivity index (χ1n) is 6.23. The first-order valence-corrected chi connectivity index (χ1v) is 6.23. The summed E-state index contributed by atoms with van der Waals surface area (Å²) in [6, 6.07) is 0. The van der Waals surface area contributed by atoms with Gasteiger partial charge in [0.05, 0.1) is 0 Å². The molecule has 0 spiro atoms. The topological polar surface area (TPSA) is 0 Å². The molecule has 0 N–H and O–H groups in total. The van der Waals surface area contributed by atoms with E-state index in [0.717, 1.165) is 0 Å². The van der Waals surface area contributed by atoms with Gasteiger partial charge in [0.15, 0.2) is 0 Å². The SMILES string of the molecule is [C]1=C/CCCCCCCCCC/C=C/1. The van der Waals surface area contributed by atoms with Gasteiger partial charge in [0, 0.05) is 0 Å². The van der Waals surface area contributed by atoms with Crippen molar-refractivity contribution in [2.24, 2.45) is 0 Å². The molecule has 0 atom stereocenters. The monoisotopic (exact) mass is 191 g/mol. The predicted octanol–water partition coefficient (Wildman–Crippen LogP) is 4.82. The Morgan fingerprint density at radius 3 is 1.93 bits per heavy atom. The van der Waals surface area contributed by atoms with Gasteiger partial charge in [0.25, 0.3) is 0 Å². The summed E-state index contributed by atoms with van der Waals surface area (Å²) in [5, 5.41) is 0. The van der Waals surface area contributed by atoms with Crippen molar-refractivity contribution in [3.63, 3.8) is 0 Å². The highest BCUT2D eigenvalue weighted by Crippen LogP contribution is 2.11. The van der Waals surface area contributed by atoms with E-state index in [9.17, 15) is 0 Å². The average molecular weight is 191 g/mol. The van der Waals surface area contributed by atoms with Crippen molar-refractivity contribution >= 4 is 0 Å². The van der Waals surface area contributed by atoms with Crippen LogP contribution in [-0.4, -0.2) is 0 Å². The Balaban J connectivity index is 2.17. The van der Waals surface area contributed by atoms with Crippen LogP contribution < -0.4 is 0 Å². The van der Waals surface area contributed by atoms with Crippen LogP contribution in [0.3, 0.4) is 0 Å². The molecule has 0 saturated heterocycles. The summed E-state index contributed by atoms with van der Waals surface area (Å²) in [6.45, 7) is 0. The van der Waals surface area contributed by atoms with Crippen molar-refractivity contribution in [1.82, 2.24) is 0 Å². The number of rotatable bonds is 0. The lowest BCUT2D eigenvalue weighted by Gasteiger charge is -2.01. The summed E-state index contributed by atoms with van der Waals surface area (Å²) in [6.07, 6.45) is 23.5. The van der Waals surface area contributed by atoms with Gasteiger partial charge in [0.1, 0.15) is 0 Å². The molecule has 1 rings (SSSR count). The number of hydrogen-bond acceptors (Lipinski definition) is 0. The molecule has 0 bridgehead atoms. The highest BCUT2D eigenvalue weighted by Gasteiger charge is 1.91. The van der Waals surface area contributed by atoms with Crippen LogP contribution in [0, 0.1) is 6.08 Å². The van der Waals surface area contributed by atoms with Crippen LogP contribution in [0.5, 0.6) is 0 Å². The van der Waals surface area contributed by atoms with Crippen LogP contribution in [0.15, 0.2) is 18.2 Å². The molecule has 0 aromatic heterocycles. The zero-order valence-electron chi connectivity index (χ0n) is 9.30. The van der Waals surface area contributed by atoms with Gasteiger partial charge in [0.2, 0.25) is 0 Å². The van der Waals surface area contributed by atoms with Gasteiger partial charge >= 0.3 is 0 Å². The van der Waals surface area contributed by atoms with Crippen LogP contribution in [0.25, 0.3) is 0 Å². The Kier molecular flexibility index (Phi) is 7.47. The molecule has 0 aliphatic heterocycles. The first kappa shape index (κ1) is 11.6. The van der Waals surface area contributed by atoms with Gasteiger partial charge in [-0.05, 0) is 31.8 Å². The standard InChI is InChI=1S/C14H23/c1-2-4-6-8-10-12-14-13-11-9-7-5-3-1/h1-2,6H,3,5,7-14H2/b2-1+,6-4?. The number of allylic oxidation sites excluding steroid dienone is 4. The summed E-state index contributed by atoms with van der Waals surface area (Å²) in [5.41, 5.74) is 0. The minimum Gasteiger partial charge on any atom is -0.0839 e. The van der Waals surface area contributed by atoms with Crippen molar-refractivity contribution in [2.75, 3.05) is 0 Å². The van der Waals surface area contributed by atoms with Gasteiger partial charge in [-0.2, -0.15) is 0 Å². The van der Waals surface area contributed by atoms with E-state index in [1.165, 1.54) is 64.2 Å². The van der Waals surface area contributed by atoms with E-state index in [2.05, 4.69) is 24.3 Å². The molecule has 0 aromatic rings. The van der Waals surface area contributed by atoms with Crippen LogP contribution in [0.4, 0.5) is 0 Å². The lowest BCUT2D eigenvalue weighted by Crippen LogP contribution is -1.81. The predicted molar refractivity (Wildman–Crippen MR) is 63.1 cm³/mol. The van der Waals surface area contributed by atoms with Gasteiger partial charge < -0.3 is 0 Å². The Morgan fingerprint density at radius 2 is 1.21 bits per heavy atom. The summed E-state index contributed by atoms with van der Waals surface area (Å²) >= 11 is 0. The summed E-state index contributed by atoms with van der Waals surface area (Å²) in [5.74, 6) is 0. The normalized spacial score (nSPS) is 26.3. The van der Waals surface area contributed by atoms with Crippen molar-refractivity contribution in [2.45, 2.75) is 64.2 Å². The number of hydrogen-bond donors (Lipinski definition) is 0. The molecular weight excluding hydrogens is 168 g/mol. The second-order valence-electron chi connectivity index (χ2n) is 4.18. The Bertz CT molecular complexity index is 145. The molecule has 0 amide bonds.